The van der Waals surface area contributed by atoms with E-state index in [1.54, 1.807) is 24.3 Å². The molecule has 2 rings (SSSR count). The molecule has 0 aliphatic heterocycles. The van der Waals surface area contributed by atoms with E-state index in [0.29, 0.717) is 11.4 Å². The van der Waals surface area contributed by atoms with E-state index in [0.717, 1.165) is 11.1 Å². The third-order valence-corrected chi connectivity index (χ3v) is 4.06. The molecule has 19 heavy (non-hydrogen) atoms. The Balaban J connectivity index is 2.33. The van der Waals surface area contributed by atoms with Crippen LogP contribution in [0.5, 0.6) is 0 Å². The SMILES string of the molecule is Cc1cc(C)cc(NS(=O)(=O)c2ccc(N)cc2)c1. The van der Waals surface area contributed by atoms with Crippen molar-refractivity contribution in [2.75, 3.05) is 10.5 Å². The van der Waals surface area contributed by atoms with Crippen LogP contribution in [0.3, 0.4) is 0 Å². The Bertz CT molecular complexity index is 672. The van der Waals surface area contributed by atoms with Gasteiger partial charge in [0.2, 0.25) is 0 Å². The summed E-state index contributed by atoms with van der Waals surface area (Å²) in [6.07, 6.45) is 0. The number of nitrogens with two attached hydrogens (primary N) is 1. The monoisotopic (exact) mass is 276 g/mol. The number of anilines is 2. The first-order valence-electron chi connectivity index (χ1n) is 5.83. The summed E-state index contributed by atoms with van der Waals surface area (Å²) in [7, 11) is -3.57. The molecule has 0 radical (unpaired) electrons. The molecule has 0 aliphatic rings. The van der Waals surface area contributed by atoms with Gasteiger partial charge in [0.15, 0.2) is 0 Å². The van der Waals surface area contributed by atoms with Crippen LogP contribution < -0.4 is 10.5 Å². The van der Waals surface area contributed by atoms with E-state index in [9.17, 15) is 8.42 Å². The van der Waals surface area contributed by atoms with Crippen LogP contribution in [0.2, 0.25) is 0 Å². The number of rotatable bonds is 3. The predicted molar refractivity (Wildman–Crippen MR) is 77.6 cm³/mol. The van der Waals surface area contributed by atoms with Gasteiger partial charge in [0.05, 0.1) is 4.90 Å². The molecule has 0 fully saturated rings. The average molecular weight is 276 g/mol. The lowest BCUT2D eigenvalue weighted by Crippen LogP contribution is -2.13. The summed E-state index contributed by atoms with van der Waals surface area (Å²) in [6.45, 7) is 3.85. The van der Waals surface area contributed by atoms with Crippen LogP contribution in [-0.4, -0.2) is 8.42 Å². The van der Waals surface area contributed by atoms with E-state index < -0.39 is 10.0 Å². The lowest BCUT2D eigenvalue weighted by molar-refractivity contribution is 0.601. The summed E-state index contributed by atoms with van der Waals surface area (Å²) in [5, 5.41) is 0. The summed E-state index contributed by atoms with van der Waals surface area (Å²) >= 11 is 0. The quantitative estimate of drug-likeness (QED) is 0.847. The molecule has 2 aromatic rings. The molecule has 0 aromatic heterocycles. The topological polar surface area (TPSA) is 72.2 Å². The van der Waals surface area contributed by atoms with Crippen molar-refractivity contribution in [2.45, 2.75) is 18.7 Å². The zero-order valence-corrected chi connectivity index (χ0v) is 11.7. The van der Waals surface area contributed by atoms with E-state index in [1.807, 2.05) is 19.9 Å². The van der Waals surface area contributed by atoms with Gasteiger partial charge in [0.1, 0.15) is 0 Å². The Morgan fingerprint density at radius 2 is 1.47 bits per heavy atom. The van der Waals surface area contributed by atoms with Crippen LogP contribution in [0.1, 0.15) is 11.1 Å². The molecule has 5 heteroatoms. The first-order valence-corrected chi connectivity index (χ1v) is 7.32. The van der Waals surface area contributed by atoms with Gasteiger partial charge in [-0.05, 0) is 61.4 Å². The van der Waals surface area contributed by atoms with Gasteiger partial charge in [-0.15, -0.1) is 0 Å². The summed E-state index contributed by atoms with van der Waals surface area (Å²) in [5.74, 6) is 0. The van der Waals surface area contributed by atoms with Crippen LogP contribution in [0.15, 0.2) is 47.4 Å². The van der Waals surface area contributed by atoms with Crippen molar-refractivity contribution in [1.82, 2.24) is 0 Å². The van der Waals surface area contributed by atoms with Gasteiger partial charge < -0.3 is 5.73 Å². The maximum absolute atomic E-state index is 12.2. The molecule has 0 saturated carbocycles. The Morgan fingerprint density at radius 3 is 2.00 bits per heavy atom. The number of nitrogens with one attached hydrogen (secondary N) is 1. The van der Waals surface area contributed by atoms with Crippen molar-refractivity contribution in [3.05, 3.63) is 53.6 Å². The number of sulfonamides is 1. The van der Waals surface area contributed by atoms with Crippen molar-refractivity contribution >= 4 is 21.4 Å². The molecule has 2 aromatic carbocycles. The Hall–Kier alpha value is -2.01. The van der Waals surface area contributed by atoms with E-state index in [2.05, 4.69) is 4.72 Å². The van der Waals surface area contributed by atoms with Crippen molar-refractivity contribution in [2.24, 2.45) is 0 Å². The lowest BCUT2D eigenvalue weighted by Gasteiger charge is -2.10. The molecule has 0 amide bonds. The van der Waals surface area contributed by atoms with Gasteiger partial charge in [0, 0.05) is 11.4 Å². The van der Waals surface area contributed by atoms with Crippen LogP contribution in [0, 0.1) is 13.8 Å². The Morgan fingerprint density at radius 1 is 0.947 bits per heavy atom. The molecule has 0 heterocycles. The maximum Gasteiger partial charge on any atom is 0.261 e. The lowest BCUT2D eigenvalue weighted by atomic mass is 10.1. The second-order valence-corrected chi connectivity index (χ2v) is 6.23. The molecular formula is C14H16N2O2S. The fourth-order valence-corrected chi connectivity index (χ4v) is 2.94. The highest BCUT2D eigenvalue weighted by Crippen LogP contribution is 2.19. The maximum atomic E-state index is 12.2. The van der Waals surface area contributed by atoms with Gasteiger partial charge >= 0.3 is 0 Å². The van der Waals surface area contributed by atoms with E-state index in [1.165, 1.54) is 12.1 Å². The van der Waals surface area contributed by atoms with Gasteiger partial charge in [-0.25, -0.2) is 8.42 Å². The minimum atomic E-state index is -3.57. The smallest absolute Gasteiger partial charge is 0.261 e. The molecule has 0 aliphatic carbocycles. The third kappa shape index (κ3) is 3.26. The van der Waals surface area contributed by atoms with Gasteiger partial charge in [0.25, 0.3) is 10.0 Å². The molecule has 0 spiro atoms. The van der Waals surface area contributed by atoms with E-state index in [-0.39, 0.29) is 4.90 Å². The molecule has 100 valence electrons. The molecule has 0 atom stereocenters. The minimum Gasteiger partial charge on any atom is -0.399 e. The standard InChI is InChI=1S/C14H16N2O2S/c1-10-7-11(2)9-13(8-10)16-19(17,18)14-5-3-12(15)4-6-14/h3-9,16H,15H2,1-2H3. The second-order valence-electron chi connectivity index (χ2n) is 4.55. The first kappa shape index (κ1) is 13.4. The zero-order valence-electron chi connectivity index (χ0n) is 10.8. The van der Waals surface area contributed by atoms with Crippen LogP contribution in [0.25, 0.3) is 0 Å². The van der Waals surface area contributed by atoms with Gasteiger partial charge in [-0.2, -0.15) is 0 Å². The molecule has 0 unspecified atom stereocenters. The highest BCUT2D eigenvalue weighted by Gasteiger charge is 2.13. The fourth-order valence-electron chi connectivity index (χ4n) is 1.89. The van der Waals surface area contributed by atoms with Crippen molar-refractivity contribution < 1.29 is 8.42 Å². The normalized spacial score (nSPS) is 11.3. The summed E-state index contributed by atoms with van der Waals surface area (Å²) in [5.41, 5.74) is 8.66. The van der Waals surface area contributed by atoms with Gasteiger partial charge in [-0.1, -0.05) is 6.07 Å². The van der Waals surface area contributed by atoms with Crippen molar-refractivity contribution in [1.29, 1.82) is 0 Å². The minimum absolute atomic E-state index is 0.195. The van der Waals surface area contributed by atoms with E-state index >= 15 is 0 Å². The number of aryl methyl sites for hydroxylation is 2. The highest BCUT2D eigenvalue weighted by molar-refractivity contribution is 7.92. The van der Waals surface area contributed by atoms with Gasteiger partial charge in [-0.3, -0.25) is 4.72 Å². The number of hydrogen-bond acceptors (Lipinski definition) is 3. The molecule has 3 N–H and O–H groups in total. The number of benzene rings is 2. The van der Waals surface area contributed by atoms with Crippen LogP contribution >= 0.6 is 0 Å². The zero-order chi connectivity index (χ0) is 14.0. The average Bonchev–Trinajstić information content (AvgIpc) is 2.27. The highest BCUT2D eigenvalue weighted by atomic mass is 32.2. The predicted octanol–water partition coefficient (Wildman–Crippen LogP) is 2.69. The molecule has 0 saturated heterocycles. The largest absolute Gasteiger partial charge is 0.399 e. The Labute approximate surface area is 113 Å². The fraction of sp³-hybridized carbons (Fsp3) is 0.143. The summed E-state index contributed by atoms with van der Waals surface area (Å²) in [6, 6.07) is 11.7. The van der Waals surface area contributed by atoms with Crippen LogP contribution in [-0.2, 0) is 10.0 Å². The molecule has 4 nitrogen and oxygen atoms in total. The summed E-state index contributed by atoms with van der Waals surface area (Å²) < 4.78 is 26.9. The summed E-state index contributed by atoms with van der Waals surface area (Å²) in [4.78, 5) is 0.195. The third-order valence-electron chi connectivity index (χ3n) is 2.66. The van der Waals surface area contributed by atoms with Crippen molar-refractivity contribution in [3.8, 4) is 0 Å². The number of hydrogen-bond donors (Lipinski definition) is 2. The molecule has 0 bridgehead atoms. The Kier molecular flexibility index (Phi) is 3.48. The first-order chi connectivity index (χ1) is 8.87. The van der Waals surface area contributed by atoms with Crippen molar-refractivity contribution in [3.63, 3.8) is 0 Å². The van der Waals surface area contributed by atoms with Crippen LogP contribution in [0.4, 0.5) is 11.4 Å². The van der Waals surface area contributed by atoms with E-state index in [4.69, 9.17) is 5.73 Å². The number of nitrogen functional groups attached to an aromatic ring is 1. The second kappa shape index (κ2) is 4.93. The molecular weight excluding hydrogens is 260 g/mol.